The molecule has 0 bridgehead atoms. The van der Waals surface area contributed by atoms with Crippen molar-refractivity contribution in [2.24, 2.45) is 0 Å². The van der Waals surface area contributed by atoms with Crippen molar-refractivity contribution in [3.05, 3.63) is 64.0 Å². The van der Waals surface area contributed by atoms with Gasteiger partial charge in [0.15, 0.2) is 0 Å². The molecule has 0 saturated carbocycles. The number of para-hydroxylation sites is 1. The van der Waals surface area contributed by atoms with E-state index in [-0.39, 0.29) is 17.0 Å². The molecule has 0 atom stereocenters. The van der Waals surface area contributed by atoms with Crippen LogP contribution >= 0.6 is 0 Å². The zero-order chi connectivity index (χ0) is 11.5. The zero-order valence-corrected chi connectivity index (χ0v) is 8.21. The highest BCUT2D eigenvalue weighted by atomic mass is 16.6. The predicted molar refractivity (Wildman–Crippen MR) is 57.3 cm³/mol. The molecule has 0 amide bonds. The molecule has 5 nitrogen and oxygen atoms in total. The van der Waals surface area contributed by atoms with Crippen molar-refractivity contribution in [2.75, 3.05) is 0 Å². The van der Waals surface area contributed by atoms with Crippen LogP contribution in [0.5, 0.6) is 0 Å². The Kier molecular flexibility index (Phi) is 2.51. The van der Waals surface area contributed by atoms with Crippen molar-refractivity contribution in [1.29, 1.82) is 0 Å². The molecule has 1 aromatic carbocycles. The fourth-order valence-corrected chi connectivity index (χ4v) is 1.45. The second kappa shape index (κ2) is 3.98. The number of ketones is 1. The van der Waals surface area contributed by atoms with E-state index in [9.17, 15) is 14.9 Å². The van der Waals surface area contributed by atoms with Gasteiger partial charge in [-0.3, -0.25) is 14.9 Å². The molecule has 0 radical (unpaired) electrons. The second-order valence-electron chi connectivity index (χ2n) is 3.20. The summed E-state index contributed by atoms with van der Waals surface area (Å²) in [6.45, 7) is 0. The molecule has 0 aliphatic carbocycles. The van der Waals surface area contributed by atoms with Gasteiger partial charge in [-0.2, -0.15) is 0 Å². The van der Waals surface area contributed by atoms with Crippen LogP contribution in [0.4, 0.5) is 5.69 Å². The predicted octanol–water partition coefficient (Wildman–Crippen LogP) is 2.15. The molecule has 1 aromatic heterocycles. The maximum absolute atomic E-state index is 11.9. The lowest BCUT2D eigenvalue weighted by Gasteiger charge is -1.99. The summed E-state index contributed by atoms with van der Waals surface area (Å²) in [6, 6.07) is 7.49. The van der Waals surface area contributed by atoms with Gasteiger partial charge >= 0.3 is 0 Å². The Morgan fingerprint density at radius 1 is 1.25 bits per heavy atom. The Balaban J connectivity index is 2.49. The van der Waals surface area contributed by atoms with Crippen molar-refractivity contribution in [3.8, 4) is 0 Å². The SMILES string of the molecule is O=C(c1cc[nH]c1)c1ccccc1[N+](=O)[O-]. The van der Waals surface area contributed by atoms with Crippen LogP contribution in [0.25, 0.3) is 0 Å². The average Bonchev–Trinajstić information content (AvgIpc) is 2.81. The summed E-state index contributed by atoms with van der Waals surface area (Å²) in [5, 5.41) is 10.7. The number of aromatic amines is 1. The topological polar surface area (TPSA) is 76.0 Å². The molecule has 0 spiro atoms. The molecular weight excluding hydrogens is 208 g/mol. The van der Waals surface area contributed by atoms with Gasteiger partial charge in [0, 0.05) is 24.0 Å². The van der Waals surface area contributed by atoms with Crippen LogP contribution in [0.3, 0.4) is 0 Å². The van der Waals surface area contributed by atoms with Crippen LogP contribution in [-0.4, -0.2) is 15.7 Å². The minimum absolute atomic E-state index is 0.104. The molecule has 2 rings (SSSR count). The maximum Gasteiger partial charge on any atom is 0.280 e. The molecule has 1 N–H and O–H groups in total. The first kappa shape index (κ1) is 10.1. The normalized spacial score (nSPS) is 10.0. The maximum atomic E-state index is 11.9. The van der Waals surface area contributed by atoms with Crippen molar-refractivity contribution >= 4 is 11.5 Å². The number of benzene rings is 1. The van der Waals surface area contributed by atoms with Gasteiger partial charge in [-0.05, 0) is 12.1 Å². The molecule has 0 saturated heterocycles. The summed E-state index contributed by atoms with van der Waals surface area (Å²) < 4.78 is 0. The number of hydrogen-bond donors (Lipinski definition) is 1. The molecule has 0 unspecified atom stereocenters. The smallest absolute Gasteiger partial charge is 0.280 e. The summed E-state index contributed by atoms with van der Waals surface area (Å²) in [7, 11) is 0. The van der Waals surface area contributed by atoms with Crippen LogP contribution in [0.15, 0.2) is 42.7 Å². The van der Waals surface area contributed by atoms with Crippen molar-refractivity contribution < 1.29 is 9.72 Å². The number of nitro benzene ring substituents is 1. The fourth-order valence-electron chi connectivity index (χ4n) is 1.45. The number of H-pyrrole nitrogens is 1. The highest BCUT2D eigenvalue weighted by molar-refractivity contribution is 6.11. The summed E-state index contributed by atoms with van der Waals surface area (Å²) in [6.07, 6.45) is 3.11. The Labute approximate surface area is 90.9 Å². The number of nitrogens with zero attached hydrogens (tertiary/aromatic N) is 1. The van der Waals surface area contributed by atoms with E-state index in [0.717, 1.165) is 0 Å². The van der Waals surface area contributed by atoms with Gasteiger partial charge in [-0.25, -0.2) is 0 Å². The van der Waals surface area contributed by atoms with Crippen LogP contribution in [0.1, 0.15) is 15.9 Å². The van der Waals surface area contributed by atoms with E-state index in [2.05, 4.69) is 4.98 Å². The van der Waals surface area contributed by atoms with Gasteiger partial charge in [-0.15, -0.1) is 0 Å². The summed E-state index contributed by atoms with van der Waals surface area (Å²) in [4.78, 5) is 24.8. The Hall–Kier alpha value is -2.43. The summed E-state index contributed by atoms with van der Waals surface area (Å²) in [5.41, 5.74) is 0.343. The van der Waals surface area contributed by atoms with E-state index in [1.807, 2.05) is 0 Å². The second-order valence-corrected chi connectivity index (χ2v) is 3.20. The van der Waals surface area contributed by atoms with Crippen LogP contribution < -0.4 is 0 Å². The largest absolute Gasteiger partial charge is 0.367 e. The number of nitrogens with one attached hydrogen (secondary N) is 1. The first-order valence-corrected chi connectivity index (χ1v) is 4.61. The molecule has 0 aliphatic heterocycles. The highest BCUT2D eigenvalue weighted by Crippen LogP contribution is 2.20. The average molecular weight is 216 g/mol. The Bertz CT molecular complexity index is 532. The third-order valence-corrected chi connectivity index (χ3v) is 2.21. The lowest BCUT2D eigenvalue weighted by Crippen LogP contribution is -2.04. The molecule has 80 valence electrons. The van der Waals surface area contributed by atoms with Gasteiger partial charge in [0.2, 0.25) is 5.78 Å². The monoisotopic (exact) mass is 216 g/mol. The first-order valence-electron chi connectivity index (χ1n) is 4.61. The summed E-state index contributed by atoms with van der Waals surface area (Å²) in [5.74, 6) is -0.353. The Morgan fingerprint density at radius 2 is 2.00 bits per heavy atom. The molecular formula is C11H8N2O3. The quantitative estimate of drug-likeness (QED) is 0.485. The van der Waals surface area contributed by atoms with E-state index < -0.39 is 4.92 Å². The van der Waals surface area contributed by atoms with E-state index in [1.165, 1.54) is 24.4 Å². The van der Waals surface area contributed by atoms with Crippen molar-refractivity contribution in [2.45, 2.75) is 0 Å². The van der Waals surface area contributed by atoms with Gasteiger partial charge < -0.3 is 4.98 Å². The van der Waals surface area contributed by atoms with Gasteiger partial charge in [0.25, 0.3) is 5.69 Å². The lowest BCUT2D eigenvalue weighted by atomic mass is 10.0. The molecule has 0 fully saturated rings. The summed E-state index contributed by atoms with van der Waals surface area (Å²) >= 11 is 0. The van der Waals surface area contributed by atoms with E-state index in [0.29, 0.717) is 5.56 Å². The number of carbonyl (C=O) groups excluding carboxylic acids is 1. The minimum atomic E-state index is -0.556. The third kappa shape index (κ3) is 1.70. The molecule has 5 heteroatoms. The van der Waals surface area contributed by atoms with Gasteiger partial charge in [0.05, 0.1) is 4.92 Å². The van der Waals surface area contributed by atoms with E-state index in [4.69, 9.17) is 0 Å². The van der Waals surface area contributed by atoms with Crippen LogP contribution in [-0.2, 0) is 0 Å². The van der Waals surface area contributed by atoms with Crippen molar-refractivity contribution in [1.82, 2.24) is 4.98 Å². The molecule has 0 aliphatic rings. The van der Waals surface area contributed by atoms with E-state index in [1.54, 1.807) is 18.3 Å². The molecule has 16 heavy (non-hydrogen) atoms. The number of nitro groups is 1. The highest BCUT2D eigenvalue weighted by Gasteiger charge is 2.20. The number of hydrogen-bond acceptors (Lipinski definition) is 3. The lowest BCUT2D eigenvalue weighted by molar-refractivity contribution is -0.385. The van der Waals surface area contributed by atoms with Crippen LogP contribution in [0.2, 0.25) is 0 Å². The van der Waals surface area contributed by atoms with Crippen molar-refractivity contribution in [3.63, 3.8) is 0 Å². The molecule has 2 aromatic rings. The van der Waals surface area contributed by atoms with E-state index >= 15 is 0 Å². The third-order valence-electron chi connectivity index (χ3n) is 2.21. The standard InChI is InChI=1S/C11H8N2O3/c14-11(8-5-6-12-7-8)9-3-1-2-4-10(9)13(15)16/h1-7,12H. The number of carbonyl (C=O) groups is 1. The van der Waals surface area contributed by atoms with Gasteiger partial charge in [-0.1, -0.05) is 12.1 Å². The van der Waals surface area contributed by atoms with Crippen LogP contribution in [0, 0.1) is 10.1 Å². The Morgan fingerprint density at radius 3 is 2.62 bits per heavy atom. The number of aromatic nitrogens is 1. The minimum Gasteiger partial charge on any atom is -0.367 e. The first-order chi connectivity index (χ1) is 7.70. The zero-order valence-electron chi connectivity index (χ0n) is 8.21. The number of rotatable bonds is 3. The molecule has 1 heterocycles. The fraction of sp³-hybridized carbons (Fsp3) is 0. The van der Waals surface area contributed by atoms with Gasteiger partial charge in [0.1, 0.15) is 5.56 Å².